The maximum Gasteiger partial charge on any atom is 0.0612 e. The van der Waals surface area contributed by atoms with Crippen molar-refractivity contribution in [1.29, 1.82) is 0 Å². The second-order valence-corrected chi connectivity index (χ2v) is 5.68. The molecule has 2 aromatic rings. The van der Waals surface area contributed by atoms with E-state index in [-0.39, 0.29) is 0 Å². The summed E-state index contributed by atoms with van der Waals surface area (Å²) in [4.78, 5) is 2.63. The van der Waals surface area contributed by atoms with Crippen LogP contribution >= 0.6 is 34.5 Å². The molecule has 0 spiro atoms. The predicted molar refractivity (Wildman–Crippen MR) is 72.8 cm³/mol. The van der Waals surface area contributed by atoms with Crippen molar-refractivity contribution in [2.75, 3.05) is 5.32 Å². The highest BCUT2D eigenvalue weighted by Crippen LogP contribution is 2.25. The second-order valence-electron chi connectivity index (χ2n) is 3.49. The number of rotatable bonds is 3. The monoisotopic (exact) mass is 271 g/mol. The van der Waals surface area contributed by atoms with Crippen LogP contribution in [0.4, 0.5) is 5.69 Å². The van der Waals surface area contributed by atoms with Gasteiger partial charge in [-0.05, 0) is 37.3 Å². The first-order valence-electron chi connectivity index (χ1n) is 4.89. The number of halogens is 2. The van der Waals surface area contributed by atoms with Gasteiger partial charge in [-0.15, -0.1) is 11.3 Å². The Hall–Kier alpha value is -0.700. The highest BCUT2D eigenvalue weighted by Gasteiger charge is 2.00. The molecule has 0 radical (unpaired) electrons. The molecule has 0 bridgehead atoms. The van der Waals surface area contributed by atoms with E-state index in [0.717, 1.165) is 12.2 Å². The Morgan fingerprint density at radius 2 is 1.94 bits per heavy atom. The number of nitrogens with one attached hydrogen (secondary N) is 1. The normalized spacial score (nSPS) is 10.4. The van der Waals surface area contributed by atoms with Crippen molar-refractivity contribution >= 4 is 40.2 Å². The van der Waals surface area contributed by atoms with Gasteiger partial charge in [0.15, 0.2) is 0 Å². The molecular formula is C12H11Cl2NS. The molecule has 0 saturated heterocycles. The van der Waals surface area contributed by atoms with Crippen molar-refractivity contribution in [3.8, 4) is 0 Å². The van der Waals surface area contributed by atoms with Gasteiger partial charge in [0, 0.05) is 22.0 Å². The lowest BCUT2D eigenvalue weighted by Crippen LogP contribution is -1.96. The minimum atomic E-state index is 0.578. The molecule has 1 N–H and O–H groups in total. The first-order valence-corrected chi connectivity index (χ1v) is 6.46. The van der Waals surface area contributed by atoms with Gasteiger partial charge >= 0.3 is 0 Å². The fourth-order valence-corrected chi connectivity index (χ4v) is 2.50. The van der Waals surface area contributed by atoms with Crippen LogP contribution in [-0.2, 0) is 6.54 Å². The van der Waals surface area contributed by atoms with Gasteiger partial charge in [0.05, 0.1) is 10.0 Å². The molecule has 0 unspecified atom stereocenters. The lowest BCUT2D eigenvalue weighted by atomic mass is 10.3. The van der Waals surface area contributed by atoms with E-state index in [0.29, 0.717) is 10.0 Å². The van der Waals surface area contributed by atoms with Crippen LogP contribution in [0.15, 0.2) is 30.3 Å². The summed E-state index contributed by atoms with van der Waals surface area (Å²) in [7, 11) is 0. The van der Waals surface area contributed by atoms with Crippen molar-refractivity contribution in [1.82, 2.24) is 0 Å². The van der Waals surface area contributed by atoms with Crippen LogP contribution in [0.1, 0.15) is 9.75 Å². The Labute approximate surface area is 109 Å². The summed E-state index contributed by atoms with van der Waals surface area (Å²) < 4.78 is 0. The van der Waals surface area contributed by atoms with Crippen LogP contribution in [0.3, 0.4) is 0 Å². The summed E-state index contributed by atoms with van der Waals surface area (Å²) in [6.45, 7) is 2.92. The quantitative estimate of drug-likeness (QED) is 0.831. The Morgan fingerprint density at radius 1 is 1.12 bits per heavy atom. The molecule has 4 heteroatoms. The fraction of sp³-hybridized carbons (Fsp3) is 0.167. The van der Waals surface area contributed by atoms with Gasteiger partial charge in [0.1, 0.15) is 0 Å². The van der Waals surface area contributed by atoms with Crippen molar-refractivity contribution < 1.29 is 0 Å². The van der Waals surface area contributed by atoms with Gasteiger partial charge in [-0.1, -0.05) is 23.2 Å². The topological polar surface area (TPSA) is 12.0 Å². The van der Waals surface area contributed by atoms with Gasteiger partial charge in [0.2, 0.25) is 0 Å². The first kappa shape index (κ1) is 11.8. The van der Waals surface area contributed by atoms with E-state index in [1.54, 1.807) is 17.4 Å². The minimum Gasteiger partial charge on any atom is -0.380 e. The molecule has 84 valence electrons. The number of anilines is 1. The Balaban J connectivity index is 2.02. The predicted octanol–water partition coefficient (Wildman–Crippen LogP) is 4.98. The van der Waals surface area contributed by atoms with Gasteiger partial charge < -0.3 is 5.32 Å². The van der Waals surface area contributed by atoms with Crippen molar-refractivity contribution in [2.45, 2.75) is 13.5 Å². The maximum absolute atomic E-state index is 5.93. The summed E-state index contributed by atoms with van der Waals surface area (Å²) in [5, 5.41) is 4.47. The molecule has 1 aromatic heterocycles. The van der Waals surface area contributed by atoms with E-state index in [1.807, 2.05) is 12.1 Å². The molecule has 0 atom stereocenters. The highest BCUT2D eigenvalue weighted by molar-refractivity contribution is 7.11. The molecule has 0 fully saturated rings. The molecule has 1 aromatic carbocycles. The lowest BCUT2D eigenvalue weighted by molar-refractivity contribution is 1.19. The molecule has 1 heterocycles. The van der Waals surface area contributed by atoms with E-state index in [1.165, 1.54) is 9.75 Å². The number of benzene rings is 1. The molecule has 0 aliphatic heterocycles. The smallest absolute Gasteiger partial charge is 0.0612 e. The third-order valence-corrected chi connectivity index (χ3v) is 3.92. The summed E-state index contributed by atoms with van der Waals surface area (Å²) in [6, 6.07) is 9.81. The van der Waals surface area contributed by atoms with Gasteiger partial charge in [-0.2, -0.15) is 0 Å². The number of aryl methyl sites for hydroxylation is 1. The zero-order valence-corrected chi connectivity index (χ0v) is 11.1. The van der Waals surface area contributed by atoms with Crippen LogP contribution in [0.25, 0.3) is 0 Å². The third-order valence-electron chi connectivity index (χ3n) is 2.18. The first-order chi connectivity index (χ1) is 7.65. The molecular weight excluding hydrogens is 261 g/mol. The van der Waals surface area contributed by atoms with E-state index in [9.17, 15) is 0 Å². The Bertz CT molecular complexity index is 494. The highest BCUT2D eigenvalue weighted by atomic mass is 35.5. The molecule has 0 aliphatic rings. The zero-order chi connectivity index (χ0) is 11.5. The maximum atomic E-state index is 5.93. The molecule has 16 heavy (non-hydrogen) atoms. The standard InChI is InChI=1S/C12H11Cl2NS/c1-8-2-4-10(16-8)7-15-9-3-5-11(13)12(14)6-9/h2-6,15H,7H2,1H3. The van der Waals surface area contributed by atoms with Crippen molar-refractivity contribution in [3.05, 3.63) is 50.1 Å². The summed E-state index contributed by atoms with van der Waals surface area (Å²) in [5.41, 5.74) is 0.987. The summed E-state index contributed by atoms with van der Waals surface area (Å²) in [6.07, 6.45) is 0. The van der Waals surface area contributed by atoms with E-state index >= 15 is 0 Å². The zero-order valence-electron chi connectivity index (χ0n) is 8.76. The number of thiophene rings is 1. The summed E-state index contributed by atoms with van der Waals surface area (Å²) >= 11 is 13.6. The Kier molecular flexibility index (Phi) is 3.74. The molecule has 0 amide bonds. The van der Waals surface area contributed by atoms with Crippen LogP contribution in [0, 0.1) is 6.92 Å². The molecule has 1 nitrogen and oxygen atoms in total. The lowest BCUT2D eigenvalue weighted by Gasteiger charge is -2.05. The SMILES string of the molecule is Cc1ccc(CNc2ccc(Cl)c(Cl)c2)s1. The van der Waals surface area contributed by atoms with Crippen molar-refractivity contribution in [2.24, 2.45) is 0 Å². The van der Waals surface area contributed by atoms with Gasteiger partial charge in [0.25, 0.3) is 0 Å². The van der Waals surface area contributed by atoms with Crippen LogP contribution in [0.5, 0.6) is 0 Å². The summed E-state index contributed by atoms with van der Waals surface area (Å²) in [5.74, 6) is 0. The molecule has 0 aliphatic carbocycles. The van der Waals surface area contributed by atoms with Crippen molar-refractivity contribution in [3.63, 3.8) is 0 Å². The van der Waals surface area contributed by atoms with Gasteiger partial charge in [-0.25, -0.2) is 0 Å². The van der Waals surface area contributed by atoms with Crippen LogP contribution < -0.4 is 5.32 Å². The van der Waals surface area contributed by atoms with E-state index in [2.05, 4.69) is 24.4 Å². The largest absolute Gasteiger partial charge is 0.380 e. The minimum absolute atomic E-state index is 0.578. The van der Waals surface area contributed by atoms with E-state index in [4.69, 9.17) is 23.2 Å². The molecule has 0 saturated carbocycles. The molecule has 2 rings (SSSR count). The average Bonchev–Trinajstić information content (AvgIpc) is 2.66. The number of hydrogen-bond donors (Lipinski definition) is 1. The van der Waals surface area contributed by atoms with Gasteiger partial charge in [-0.3, -0.25) is 0 Å². The fourth-order valence-electron chi connectivity index (χ4n) is 1.38. The van der Waals surface area contributed by atoms with Crippen LogP contribution in [-0.4, -0.2) is 0 Å². The number of hydrogen-bond acceptors (Lipinski definition) is 2. The Morgan fingerprint density at radius 3 is 2.56 bits per heavy atom. The average molecular weight is 272 g/mol. The second kappa shape index (κ2) is 5.09. The van der Waals surface area contributed by atoms with E-state index < -0.39 is 0 Å². The third kappa shape index (κ3) is 2.91. The van der Waals surface area contributed by atoms with Crippen LogP contribution in [0.2, 0.25) is 10.0 Å².